The SMILES string of the molecule is CCCCCCCCCCCCCCCCCCCC(=O)O[C@H](COC(=O)CCCCCCCCCCC(C)C)COP(=O)(O)OC[C@@H](O)COP(=O)(O)OC[C@@H](COC(=O)CCCCCCC)OC(=O)CCCCCCCCC(C)CC. The van der Waals surface area contributed by atoms with Crippen LogP contribution in [0.15, 0.2) is 0 Å². The van der Waals surface area contributed by atoms with Gasteiger partial charge in [0.15, 0.2) is 12.2 Å². The van der Waals surface area contributed by atoms with Gasteiger partial charge in [-0.25, -0.2) is 9.13 Å². The molecule has 17 nitrogen and oxygen atoms in total. The molecule has 0 spiro atoms. The summed E-state index contributed by atoms with van der Waals surface area (Å²) in [4.78, 5) is 72.0. The normalized spacial score (nSPS) is 14.6. The Morgan fingerprint density at radius 3 is 0.916 bits per heavy atom. The predicted octanol–water partition coefficient (Wildman–Crippen LogP) is 17.7. The Morgan fingerprint density at radius 1 is 0.349 bits per heavy atom. The third-order valence-electron chi connectivity index (χ3n) is 15.1. The molecule has 83 heavy (non-hydrogen) atoms. The number of aliphatic hydroxyl groups is 1. The maximum atomic E-state index is 13.0. The highest BCUT2D eigenvalue weighted by Gasteiger charge is 2.30. The van der Waals surface area contributed by atoms with Gasteiger partial charge in [0.05, 0.1) is 26.4 Å². The minimum Gasteiger partial charge on any atom is -0.462 e. The van der Waals surface area contributed by atoms with Gasteiger partial charge in [-0.15, -0.1) is 0 Å². The van der Waals surface area contributed by atoms with Gasteiger partial charge in [-0.3, -0.25) is 37.3 Å². The van der Waals surface area contributed by atoms with Crippen molar-refractivity contribution in [1.82, 2.24) is 0 Å². The minimum absolute atomic E-state index is 0.102. The minimum atomic E-state index is -4.94. The van der Waals surface area contributed by atoms with Crippen LogP contribution in [0.3, 0.4) is 0 Å². The molecule has 0 saturated carbocycles. The van der Waals surface area contributed by atoms with Gasteiger partial charge in [0, 0.05) is 25.7 Å². The molecule has 3 N–H and O–H groups in total. The molecule has 0 aliphatic rings. The molecule has 0 aromatic carbocycles. The fourth-order valence-corrected chi connectivity index (χ4v) is 11.1. The van der Waals surface area contributed by atoms with Gasteiger partial charge >= 0.3 is 39.5 Å². The summed E-state index contributed by atoms with van der Waals surface area (Å²) in [5, 5.41) is 10.5. The molecule has 3 unspecified atom stereocenters. The lowest BCUT2D eigenvalue weighted by Gasteiger charge is -2.21. The van der Waals surface area contributed by atoms with Crippen LogP contribution >= 0.6 is 15.6 Å². The molecule has 492 valence electrons. The van der Waals surface area contributed by atoms with Crippen LogP contribution in [0.25, 0.3) is 0 Å². The first-order valence-corrected chi connectivity index (χ1v) is 36.5. The van der Waals surface area contributed by atoms with E-state index in [1.165, 1.54) is 128 Å². The van der Waals surface area contributed by atoms with Crippen LogP contribution in [0.2, 0.25) is 0 Å². The van der Waals surface area contributed by atoms with E-state index >= 15 is 0 Å². The molecule has 0 amide bonds. The first kappa shape index (κ1) is 81.1. The lowest BCUT2D eigenvalue weighted by atomic mass is 10.00. The van der Waals surface area contributed by atoms with E-state index in [9.17, 15) is 43.2 Å². The number of hydrogen-bond acceptors (Lipinski definition) is 15. The van der Waals surface area contributed by atoms with Crippen LogP contribution in [0, 0.1) is 11.8 Å². The van der Waals surface area contributed by atoms with Crippen molar-refractivity contribution in [3.8, 4) is 0 Å². The van der Waals surface area contributed by atoms with E-state index in [0.717, 1.165) is 108 Å². The lowest BCUT2D eigenvalue weighted by molar-refractivity contribution is -0.161. The number of phosphoric ester groups is 2. The number of carbonyl (C=O) groups is 4. The molecule has 19 heteroatoms. The molecule has 6 atom stereocenters. The summed E-state index contributed by atoms with van der Waals surface area (Å²) >= 11 is 0. The van der Waals surface area contributed by atoms with E-state index in [-0.39, 0.29) is 25.7 Å². The van der Waals surface area contributed by atoms with Crippen LogP contribution in [0.4, 0.5) is 0 Å². The van der Waals surface area contributed by atoms with Gasteiger partial charge in [-0.05, 0) is 37.5 Å². The second-order valence-corrected chi connectivity index (χ2v) is 26.8. The summed E-state index contributed by atoms with van der Waals surface area (Å²) in [6, 6.07) is 0. The molecule has 0 bridgehead atoms. The van der Waals surface area contributed by atoms with E-state index in [4.69, 9.17) is 37.0 Å². The number of hydrogen-bond donors (Lipinski definition) is 3. The summed E-state index contributed by atoms with van der Waals surface area (Å²) in [6.45, 7) is 9.32. The highest BCUT2D eigenvalue weighted by Crippen LogP contribution is 2.45. The quantitative estimate of drug-likeness (QED) is 0.0222. The Kier molecular flexibility index (Phi) is 55.2. The zero-order chi connectivity index (χ0) is 61.5. The molecular formula is C64H124O17P2. The first-order chi connectivity index (χ1) is 39.9. The van der Waals surface area contributed by atoms with Crippen molar-refractivity contribution in [2.45, 2.75) is 336 Å². The Balaban J connectivity index is 5.16. The Bertz CT molecular complexity index is 1630. The lowest BCUT2D eigenvalue weighted by Crippen LogP contribution is -2.30. The van der Waals surface area contributed by atoms with Crippen molar-refractivity contribution in [2.24, 2.45) is 11.8 Å². The fourth-order valence-electron chi connectivity index (χ4n) is 9.50. The summed E-state index contributed by atoms with van der Waals surface area (Å²) in [5.74, 6) is -0.700. The molecule has 0 fully saturated rings. The smallest absolute Gasteiger partial charge is 0.462 e. The van der Waals surface area contributed by atoms with E-state index in [2.05, 4.69) is 41.5 Å². The van der Waals surface area contributed by atoms with Crippen LogP contribution in [0.1, 0.15) is 318 Å². The maximum absolute atomic E-state index is 13.0. The molecule has 0 aromatic heterocycles. The molecule has 0 radical (unpaired) electrons. The number of phosphoric acid groups is 2. The van der Waals surface area contributed by atoms with Crippen LogP contribution in [0.5, 0.6) is 0 Å². The number of unbranched alkanes of at least 4 members (excludes halogenated alkanes) is 32. The number of carbonyl (C=O) groups excluding carboxylic acids is 4. The van der Waals surface area contributed by atoms with E-state index < -0.39 is 97.5 Å². The third-order valence-corrected chi connectivity index (χ3v) is 17.0. The average Bonchev–Trinajstić information content (AvgIpc) is 3.47. The van der Waals surface area contributed by atoms with Crippen molar-refractivity contribution in [2.75, 3.05) is 39.6 Å². The molecular weight excluding hydrogens is 1100 g/mol. The molecule has 0 aliphatic carbocycles. The highest BCUT2D eigenvalue weighted by molar-refractivity contribution is 7.47. The molecule has 0 saturated heterocycles. The maximum Gasteiger partial charge on any atom is 0.472 e. The van der Waals surface area contributed by atoms with Crippen molar-refractivity contribution < 1.29 is 80.2 Å². The van der Waals surface area contributed by atoms with Crippen LogP contribution in [-0.2, 0) is 65.4 Å². The zero-order valence-corrected chi connectivity index (χ0v) is 55.3. The number of rotatable bonds is 63. The summed E-state index contributed by atoms with van der Waals surface area (Å²) in [5.41, 5.74) is 0. The summed E-state index contributed by atoms with van der Waals surface area (Å²) in [7, 11) is -9.88. The zero-order valence-electron chi connectivity index (χ0n) is 53.5. The van der Waals surface area contributed by atoms with E-state index in [1.807, 2.05) is 0 Å². The second kappa shape index (κ2) is 56.6. The van der Waals surface area contributed by atoms with E-state index in [0.29, 0.717) is 25.7 Å². The van der Waals surface area contributed by atoms with Gasteiger partial charge in [-0.2, -0.15) is 0 Å². The second-order valence-electron chi connectivity index (χ2n) is 23.9. The van der Waals surface area contributed by atoms with Gasteiger partial charge in [0.2, 0.25) is 0 Å². The van der Waals surface area contributed by atoms with Gasteiger partial charge in [0.1, 0.15) is 19.3 Å². The fraction of sp³-hybridized carbons (Fsp3) is 0.938. The Morgan fingerprint density at radius 2 is 0.614 bits per heavy atom. The van der Waals surface area contributed by atoms with Gasteiger partial charge in [0.25, 0.3) is 0 Å². The number of ether oxygens (including phenoxy) is 4. The summed E-state index contributed by atoms with van der Waals surface area (Å²) < 4.78 is 67.8. The topological polar surface area (TPSA) is 237 Å². The first-order valence-electron chi connectivity index (χ1n) is 33.5. The monoisotopic (exact) mass is 1230 g/mol. The average molecular weight is 1230 g/mol. The number of aliphatic hydroxyl groups excluding tert-OH is 1. The highest BCUT2D eigenvalue weighted by atomic mass is 31.2. The van der Waals surface area contributed by atoms with Crippen molar-refractivity contribution in [1.29, 1.82) is 0 Å². The Labute approximate surface area is 505 Å². The molecule has 0 rings (SSSR count). The van der Waals surface area contributed by atoms with Crippen molar-refractivity contribution in [3.63, 3.8) is 0 Å². The predicted molar refractivity (Wildman–Crippen MR) is 331 cm³/mol. The Hall–Kier alpha value is -1.94. The standard InChI is InChI=1S/C64H124O17P2/c1-7-10-12-14-15-16-17-18-19-20-21-22-23-24-29-36-42-48-63(68)80-60(53-75-62(67)47-41-35-28-26-25-27-33-38-44-56(4)5)55-79-83(72,73)77-51-58(65)50-76-82(70,71)78-54-59(52-74-61(66)46-40-32-13-11-8-2)81-64(69)49-43-37-31-30-34-39-45-57(6)9-3/h56-60,65H,7-55H2,1-6H3,(H,70,71)(H,72,73)/t57?,58-,59+,60+/m0/s1. The number of esters is 4. The summed E-state index contributed by atoms with van der Waals surface area (Å²) in [6.07, 6.45) is 39.4. The molecule has 0 aliphatic heterocycles. The van der Waals surface area contributed by atoms with Crippen LogP contribution in [-0.4, -0.2) is 96.7 Å². The van der Waals surface area contributed by atoms with Crippen molar-refractivity contribution >= 4 is 39.5 Å². The van der Waals surface area contributed by atoms with Crippen molar-refractivity contribution in [3.05, 3.63) is 0 Å². The van der Waals surface area contributed by atoms with Gasteiger partial charge < -0.3 is 33.8 Å². The molecule has 0 heterocycles. The van der Waals surface area contributed by atoms with Gasteiger partial charge in [-0.1, -0.05) is 266 Å². The van der Waals surface area contributed by atoms with Crippen LogP contribution < -0.4 is 0 Å². The largest absolute Gasteiger partial charge is 0.472 e. The van der Waals surface area contributed by atoms with E-state index in [1.54, 1.807) is 0 Å². The molecule has 0 aromatic rings. The third kappa shape index (κ3) is 57.6.